The van der Waals surface area contributed by atoms with Crippen molar-refractivity contribution in [3.8, 4) is 0 Å². The second kappa shape index (κ2) is 9.21. The number of carbonyl (C=O) groups excluding carboxylic acids is 1. The van der Waals surface area contributed by atoms with Crippen molar-refractivity contribution in [1.82, 2.24) is 5.32 Å². The quantitative estimate of drug-likeness (QED) is 0.433. The number of carboxylic acid groups (broad SMARTS) is 1. The van der Waals surface area contributed by atoms with E-state index in [0.717, 1.165) is 6.42 Å². The van der Waals surface area contributed by atoms with Gasteiger partial charge in [0.1, 0.15) is 6.04 Å². The Morgan fingerprint density at radius 1 is 1.43 bits per heavy atom. The second-order valence-corrected chi connectivity index (χ2v) is 2.88. The van der Waals surface area contributed by atoms with Crippen LogP contribution in [0.3, 0.4) is 0 Å². The molecule has 0 aliphatic carbocycles. The first-order chi connectivity index (χ1) is 6.07. The van der Waals surface area contributed by atoms with Crippen LogP contribution in [-0.4, -0.2) is 29.6 Å². The number of hydrogen-bond acceptors (Lipinski definition) is 3. The number of unbranched alkanes of at least 4 members (excludes halogenated alkanes) is 1. The number of carboxylic acids is 1. The summed E-state index contributed by atoms with van der Waals surface area (Å²) in [7, 11) is 0. The van der Waals surface area contributed by atoms with Crippen molar-refractivity contribution in [1.29, 1.82) is 0 Å². The molecule has 0 aromatic carbocycles. The molecular weight excluding hydrogens is 369 g/mol. The molecule has 0 bridgehead atoms. The molecule has 0 spiro atoms. The number of hydrogen-bond donors (Lipinski definition) is 3. The summed E-state index contributed by atoms with van der Waals surface area (Å²) in [6, 6.07) is -0.774. The zero-order valence-electron chi connectivity index (χ0n) is 8.05. The van der Waals surface area contributed by atoms with Crippen molar-refractivity contribution in [3.05, 3.63) is 0 Å². The normalized spacial score (nSPS) is 11.3. The predicted molar refractivity (Wildman–Crippen MR) is 48.1 cm³/mol. The van der Waals surface area contributed by atoms with Crippen LogP contribution in [0.4, 0.5) is 0 Å². The third-order valence-electron chi connectivity index (χ3n) is 1.62. The minimum Gasteiger partial charge on any atom is -0.480 e. The van der Waals surface area contributed by atoms with Gasteiger partial charge < -0.3 is 16.2 Å². The molecule has 1 radical (unpaired) electrons. The summed E-state index contributed by atoms with van der Waals surface area (Å²) in [5, 5.41) is 11.0. The number of aliphatic carboxylic acids is 1. The van der Waals surface area contributed by atoms with E-state index in [9.17, 15) is 9.59 Å². The van der Waals surface area contributed by atoms with Crippen LogP contribution in [0, 0.1) is 0 Å². The Kier molecular flexibility index (Phi) is 10.6. The Bertz CT molecular complexity index is 187. The average molecular weight is 385 g/mol. The third-order valence-corrected chi connectivity index (χ3v) is 1.62. The fourth-order valence-corrected chi connectivity index (χ4v) is 0.996. The summed E-state index contributed by atoms with van der Waals surface area (Å²) in [6.45, 7) is 1.85. The van der Waals surface area contributed by atoms with Crippen LogP contribution in [0.15, 0.2) is 0 Å². The first kappa shape index (κ1) is 16.1. The molecule has 1 amide bonds. The number of nitrogens with one attached hydrogen (secondary N) is 1. The molecule has 5 nitrogen and oxygen atoms in total. The monoisotopic (exact) mass is 385 g/mol. The van der Waals surface area contributed by atoms with Gasteiger partial charge in [0.05, 0.1) is 0 Å². The van der Waals surface area contributed by atoms with Crippen LogP contribution in [-0.2, 0) is 32.0 Å². The van der Waals surface area contributed by atoms with Gasteiger partial charge in [-0.1, -0.05) is 0 Å². The minimum absolute atomic E-state index is 0. The molecule has 14 heavy (non-hydrogen) atoms. The molecule has 0 aromatic heterocycles. The van der Waals surface area contributed by atoms with Crippen molar-refractivity contribution >= 4 is 11.9 Å². The first-order valence-corrected chi connectivity index (χ1v) is 4.28. The van der Waals surface area contributed by atoms with Gasteiger partial charge in [-0.25, -0.2) is 4.79 Å². The van der Waals surface area contributed by atoms with E-state index >= 15 is 0 Å². The van der Waals surface area contributed by atoms with E-state index in [1.165, 1.54) is 6.92 Å². The van der Waals surface area contributed by atoms with Crippen molar-refractivity contribution in [2.75, 3.05) is 6.54 Å². The maximum Gasteiger partial charge on any atom is 0.326 e. The van der Waals surface area contributed by atoms with E-state index in [1.807, 2.05) is 0 Å². The molecule has 0 aliphatic rings. The minimum atomic E-state index is -0.993. The predicted octanol–water partition coefficient (Wildman–Crippen LogP) is -0.298. The van der Waals surface area contributed by atoms with Crippen LogP contribution < -0.4 is 11.1 Å². The Hall–Kier alpha value is -0.360. The van der Waals surface area contributed by atoms with Gasteiger partial charge in [0.25, 0.3) is 0 Å². The molecule has 6 heteroatoms. The first-order valence-electron chi connectivity index (χ1n) is 4.28. The maximum absolute atomic E-state index is 10.6. The molecule has 0 aromatic rings. The zero-order valence-corrected chi connectivity index (χ0v) is 10.2. The van der Waals surface area contributed by atoms with Crippen LogP contribution in [0.1, 0.15) is 26.2 Å². The van der Waals surface area contributed by atoms with Crippen molar-refractivity contribution in [2.24, 2.45) is 5.73 Å². The molecule has 87 valence electrons. The molecule has 0 aliphatic heterocycles. The van der Waals surface area contributed by atoms with Gasteiger partial charge in [-0.05, 0) is 25.8 Å². The van der Waals surface area contributed by atoms with Gasteiger partial charge in [-0.2, -0.15) is 0 Å². The van der Waals surface area contributed by atoms with Gasteiger partial charge in [0, 0.05) is 29.3 Å². The Morgan fingerprint density at radius 3 is 2.36 bits per heavy atom. The molecule has 0 unspecified atom stereocenters. The maximum atomic E-state index is 10.6. The Labute approximate surface area is 98.9 Å². The smallest absolute Gasteiger partial charge is 0.326 e. The second-order valence-electron chi connectivity index (χ2n) is 2.88. The van der Waals surface area contributed by atoms with E-state index in [4.69, 9.17) is 10.8 Å². The van der Waals surface area contributed by atoms with E-state index < -0.39 is 12.0 Å². The fourth-order valence-electron chi connectivity index (χ4n) is 0.996. The van der Waals surface area contributed by atoms with E-state index in [0.29, 0.717) is 19.4 Å². The average Bonchev–Trinajstić information content (AvgIpc) is 2.02. The largest absolute Gasteiger partial charge is 0.480 e. The summed E-state index contributed by atoms with van der Waals surface area (Å²) >= 11 is 0. The van der Waals surface area contributed by atoms with E-state index in [2.05, 4.69) is 5.32 Å². The Balaban J connectivity index is 0. The van der Waals surface area contributed by atoms with Gasteiger partial charge in [0.2, 0.25) is 5.91 Å². The molecule has 0 rings (SSSR count). The summed E-state index contributed by atoms with van der Waals surface area (Å²) in [5.74, 6) is -1.31. The molecule has 1 atom stereocenters. The van der Waals surface area contributed by atoms with Crippen LogP contribution in [0.5, 0.6) is 0 Å². The fraction of sp³-hybridized carbons (Fsp3) is 0.750. The number of rotatable bonds is 6. The molecule has 0 heterocycles. The summed E-state index contributed by atoms with van der Waals surface area (Å²) in [6.07, 6.45) is 1.93. The van der Waals surface area contributed by atoms with Gasteiger partial charge in [0.15, 0.2) is 0 Å². The third kappa shape index (κ3) is 8.25. The summed E-state index contributed by atoms with van der Waals surface area (Å²) in [5.41, 5.74) is 5.26. The van der Waals surface area contributed by atoms with Crippen LogP contribution in [0.2, 0.25) is 0 Å². The number of nitrogens with two attached hydrogens (primary N) is 1. The van der Waals surface area contributed by atoms with Crippen LogP contribution >= 0.6 is 0 Å². The topological polar surface area (TPSA) is 92.4 Å². The molecule has 0 saturated heterocycles. The zero-order chi connectivity index (χ0) is 10.3. The standard InChI is InChI=1S/C8H16N2O3.Au/c1-6(11)10-7(8(12)13)4-2-3-5-9;/h7H,2-5,9H2,1H3,(H,10,11)(H,12,13);/t7-;/m0./s1. The van der Waals surface area contributed by atoms with Gasteiger partial charge >= 0.3 is 5.97 Å². The van der Waals surface area contributed by atoms with E-state index in [1.54, 1.807) is 0 Å². The molecule has 0 saturated carbocycles. The Morgan fingerprint density at radius 2 is 2.00 bits per heavy atom. The van der Waals surface area contributed by atoms with E-state index in [-0.39, 0.29) is 28.3 Å². The summed E-state index contributed by atoms with van der Waals surface area (Å²) < 4.78 is 0. The SMILES string of the molecule is CC(=O)N[C@@H](CCCCN)C(=O)O.[Au]. The van der Waals surface area contributed by atoms with Crippen LogP contribution in [0.25, 0.3) is 0 Å². The number of amides is 1. The van der Waals surface area contributed by atoms with Crippen molar-refractivity contribution in [3.63, 3.8) is 0 Å². The molecule has 0 fully saturated rings. The van der Waals surface area contributed by atoms with Crippen molar-refractivity contribution < 1.29 is 37.1 Å². The van der Waals surface area contributed by atoms with Crippen molar-refractivity contribution in [2.45, 2.75) is 32.2 Å². The van der Waals surface area contributed by atoms with Gasteiger partial charge in [-0.15, -0.1) is 0 Å². The van der Waals surface area contributed by atoms with Gasteiger partial charge in [-0.3, -0.25) is 4.79 Å². The molecule has 4 N–H and O–H groups in total. The molecular formula is C8H16AuN2O3. The summed E-state index contributed by atoms with van der Waals surface area (Å²) in [4.78, 5) is 21.2. The number of carbonyl (C=O) groups is 2.